The van der Waals surface area contributed by atoms with Crippen molar-refractivity contribution in [1.29, 1.82) is 0 Å². The number of piperazine rings is 1. The van der Waals surface area contributed by atoms with E-state index in [0.29, 0.717) is 41.5 Å². The number of nitrogens with zero attached hydrogens (tertiary/aromatic N) is 3. The number of rotatable bonds is 15. The number of amides is 2. The van der Waals surface area contributed by atoms with Crippen LogP contribution >= 0.6 is 0 Å². The lowest BCUT2D eigenvalue weighted by Gasteiger charge is -2.36. The summed E-state index contributed by atoms with van der Waals surface area (Å²) >= 11 is 0. The van der Waals surface area contributed by atoms with Crippen LogP contribution in [-0.2, 0) is 40.9 Å². The van der Waals surface area contributed by atoms with Crippen molar-refractivity contribution in [3.05, 3.63) is 64.7 Å². The van der Waals surface area contributed by atoms with Gasteiger partial charge in [-0.15, -0.1) is 4.40 Å². The van der Waals surface area contributed by atoms with Crippen molar-refractivity contribution in [1.82, 2.24) is 19.8 Å². The number of carbonyl (C=O) groups is 3. The first-order chi connectivity index (χ1) is 26.3. The molecule has 0 aliphatic carbocycles. The molecule has 15 nitrogen and oxygen atoms in total. The molecule has 2 heterocycles. The second-order valence-corrected chi connectivity index (χ2v) is 18.3. The van der Waals surface area contributed by atoms with Crippen molar-refractivity contribution in [3.63, 3.8) is 0 Å². The van der Waals surface area contributed by atoms with E-state index in [1.807, 2.05) is 32.9 Å². The molecular formula is C39H52N6O9S2. The van der Waals surface area contributed by atoms with Gasteiger partial charge in [0, 0.05) is 57.5 Å². The van der Waals surface area contributed by atoms with E-state index in [1.54, 1.807) is 43.0 Å². The Morgan fingerprint density at radius 2 is 1.54 bits per heavy atom. The van der Waals surface area contributed by atoms with Gasteiger partial charge in [-0.25, -0.2) is 8.42 Å². The number of hydrogen-bond donors (Lipinski definition) is 4. The summed E-state index contributed by atoms with van der Waals surface area (Å²) in [6.07, 6.45) is 1.83. The number of unbranched alkanes of at least 4 members (excludes halogenated alkanes) is 1. The maximum atomic E-state index is 13.9. The number of fused-ring (bicyclic) bond motifs is 2. The normalized spacial score (nSPS) is 16.3. The molecule has 17 heteroatoms. The van der Waals surface area contributed by atoms with Crippen LogP contribution in [0, 0.1) is 20.8 Å². The number of nitrogens with one attached hydrogen (secondary N) is 2. The van der Waals surface area contributed by atoms with Crippen LogP contribution in [-0.4, -0.2) is 99.9 Å². The number of ether oxygens (including phenoxy) is 1. The molecular weight excluding hydrogens is 761 g/mol. The third-order valence-corrected chi connectivity index (χ3v) is 13.4. The van der Waals surface area contributed by atoms with E-state index < -0.39 is 43.6 Å². The first-order valence-corrected chi connectivity index (χ1v) is 21.7. The summed E-state index contributed by atoms with van der Waals surface area (Å²) in [5.41, 5.74) is 8.24. The summed E-state index contributed by atoms with van der Waals surface area (Å²) in [6, 6.07) is 10.8. The highest BCUT2D eigenvalue weighted by atomic mass is 32.2. The Labute approximate surface area is 328 Å². The highest BCUT2D eigenvalue weighted by Crippen LogP contribution is 2.44. The zero-order valence-electron chi connectivity index (χ0n) is 32.6. The predicted molar refractivity (Wildman–Crippen MR) is 212 cm³/mol. The molecule has 304 valence electrons. The Balaban J connectivity index is 1.27. The Kier molecular flexibility index (Phi) is 13.0. The number of nitrogens with two attached hydrogens (primary N) is 1. The quantitative estimate of drug-likeness (QED) is 0.0989. The fourth-order valence-corrected chi connectivity index (χ4v) is 10.0. The average molecular weight is 813 g/mol. The van der Waals surface area contributed by atoms with E-state index in [0.717, 1.165) is 16.5 Å². The second-order valence-electron chi connectivity index (χ2n) is 15.1. The van der Waals surface area contributed by atoms with Crippen molar-refractivity contribution < 1.29 is 41.1 Å². The molecule has 3 aromatic carbocycles. The lowest BCUT2D eigenvalue weighted by molar-refractivity contribution is -0.140. The van der Waals surface area contributed by atoms with E-state index in [2.05, 4.69) is 14.4 Å². The van der Waals surface area contributed by atoms with Gasteiger partial charge in [0.25, 0.3) is 10.0 Å². The summed E-state index contributed by atoms with van der Waals surface area (Å²) in [5.74, 6) is -1.15. The molecule has 5 rings (SSSR count). The molecule has 0 saturated carbocycles. The summed E-state index contributed by atoms with van der Waals surface area (Å²) in [5, 5.41) is 13.2. The van der Waals surface area contributed by atoms with Crippen LogP contribution < -0.4 is 20.5 Å². The number of carboxylic acids is 1. The molecule has 2 aliphatic heterocycles. The smallest absolute Gasteiger partial charge is 0.303 e. The van der Waals surface area contributed by atoms with E-state index >= 15 is 0 Å². The number of aliphatic carboxylic acids is 1. The number of sulfonamides is 2. The zero-order chi connectivity index (χ0) is 41.0. The fourth-order valence-electron chi connectivity index (χ4n) is 7.29. The first kappa shape index (κ1) is 42.4. The van der Waals surface area contributed by atoms with Crippen LogP contribution in [0.5, 0.6) is 5.75 Å². The van der Waals surface area contributed by atoms with Crippen LogP contribution in [0.15, 0.2) is 56.7 Å². The Hall–Kier alpha value is -4.74. The van der Waals surface area contributed by atoms with E-state index in [4.69, 9.17) is 15.6 Å². The highest BCUT2D eigenvalue weighted by molar-refractivity contribution is 7.90. The van der Waals surface area contributed by atoms with E-state index in [1.165, 1.54) is 11.0 Å². The maximum Gasteiger partial charge on any atom is 0.303 e. The Morgan fingerprint density at radius 3 is 2.21 bits per heavy atom. The highest BCUT2D eigenvalue weighted by Gasteiger charge is 2.37. The molecule has 1 saturated heterocycles. The van der Waals surface area contributed by atoms with Crippen molar-refractivity contribution in [2.75, 3.05) is 32.7 Å². The molecule has 56 heavy (non-hydrogen) atoms. The number of hydrogen-bond acceptors (Lipinski definition) is 8. The average Bonchev–Trinajstić information content (AvgIpc) is 3.48. The first-order valence-electron chi connectivity index (χ1n) is 18.7. The van der Waals surface area contributed by atoms with Crippen LogP contribution in [0.2, 0.25) is 0 Å². The standard InChI is InChI=1S/C39H52N6O9S2/c1-25-26(2)36(27(3)31-24-39(4,5)54-35(25)31)56(52,53)43-38(40)41-18-10-13-32(42-55(50,51)30-17-16-28-11-6-7-12-29(28)23-30)37(49)45-21-19-44(20-22-45)33(46)14-8-9-15-34(47)48/h6-7,11-12,16-17,23,32,42H,8-10,13-15,18-22,24H2,1-5H3,(H,47,48)(H3,40,41,43)/t32-/m0/s1. The van der Waals surface area contributed by atoms with Gasteiger partial charge in [-0.2, -0.15) is 13.1 Å². The van der Waals surface area contributed by atoms with Crippen molar-refractivity contribution >= 4 is 54.6 Å². The fraction of sp³-hybridized carbons (Fsp3) is 0.487. The number of benzene rings is 3. The van der Waals surface area contributed by atoms with Crippen LogP contribution in [0.25, 0.3) is 10.8 Å². The monoisotopic (exact) mass is 812 g/mol. The minimum atomic E-state index is -4.23. The van der Waals surface area contributed by atoms with Crippen molar-refractivity contribution in [2.24, 2.45) is 10.1 Å². The molecule has 1 fully saturated rings. The predicted octanol–water partition coefficient (Wildman–Crippen LogP) is 3.51. The maximum absolute atomic E-state index is 13.9. The topological polar surface area (TPSA) is 218 Å². The van der Waals surface area contributed by atoms with Gasteiger partial charge in [0.1, 0.15) is 17.4 Å². The van der Waals surface area contributed by atoms with E-state index in [9.17, 15) is 31.2 Å². The van der Waals surface area contributed by atoms with Gasteiger partial charge in [-0.05, 0) is 99.9 Å². The number of guanidine groups is 1. The van der Waals surface area contributed by atoms with Gasteiger partial charge in [0.15, 0.2) is 0 Å². The Morgan fingerprint density at radius 1 is 0.893 bits per heavy atom. The lowest BCUT2D eigenvalue weighted by atomic mass is 9.94. The molecule has 5 N–H and O–H groups in total. The molecule has 0 spiro atoms. The molecule has 1 atom stereocenters. The van der Waals surface area contributed by atoms with Gasteiger partial charge < -0.3 is 30.7 Å². The van der Waals surface area contributed by atoms with Gasteiger partial charge in [-0.1, -0.05) is 30.3 Å². The third kappa shape index (κ3) is 9.97. The van der Waals surface area contributed by atoms with Gasteiger partial charge in [-0.3, -0.25) is 14.4 Å². The van der Waals surface area contributed by atoms with E-state index in [-0.39, 0.29) is 80.1 Å². The second kappa shape index (κ2) is 17.2. The number of carboxylic acid groups (broad SMARTS) is 1. The molecule has 0 unspecified atom stereocenters. The molecule has 0 bridgehead atoms. The molecule has 0 aromatic heterocycles. The van der Waals surface area contributed by atoms with Crippen molar-refractivity contribution in [3.8, 4) is 5.75 Å². The van der Waals surface area contributed by atoms with Crippen LogP contribution in [0.4, 0.5) is 0 Å². The van der Waals surface area contributed by atoms with Crippen molar-refractivity contribution in [2.45, 2.75) is 101 Å². The zero-order valence-corrected chi connectivity index (χ0v) is 34.2. The molecule has 2 aliphatic rings. The molecule has 2 amide bonds. The summed E-state index contributed by atoms with van der Waals surface area (Å²) in [6.45, 7) is 10.1. The SMILES string of the molecule is Cc1c(C)c(S(=O)(=O)/N=C(\N)NCCC[C@H](NS(=O)(=O)c2ccc3ccccc3c2)C(=O)N2CCN(C(=O)CCCCC(=O)O)CC2)c(C)c2c1OC(C)(C)C2. The van der Waals surface area contributed by atoms with Gasteiger partial charge in [0.05, 0.1) is 9.79 Å². The minimum Gasteiger partial charge on any atom is -0.487 e. The van der Waals surface area contributed by atoms with Gasteiger partial charge >= 0.3 is 5.97 Å². The Bertz CT molecular complexity index is 2250. The van der Waals surface area contributed by atoms with Crippen LogP contribution in [0.1, 0.15) is 74.6 Å². The largest absolute Gasteiger partial charge is 0.487 e. The van der Waals surface area contributed by atoms with Gasteiger partial charge in [0.2, 0.25) is 27.8 Å². The minimum absolute atomic E-state index is 0.00507. The summed E-state index contributed by atoms with van der Waals surface area (Å²) in [4.78, 5) is 40.7. The molecule has 3 aromatic rings. The molecule has 0 radical (unpaired) electrons. The van der Waals surface area contributed by atoms with Crippen LogP contribution in [0.3, 0.4) is 0 Å². The third-order valence-electron chi connectivity index (χ3n) is 10.3. The summed E-state index contributed by atoms with van der Waals surface area (Å²) in [7, 11) is -8.40. The summed E-state index contributed by atoms with van der Waals surface area (Å²) < 4.78 is 67.2. The lowest BCUT2D eigenvalue weighted by Crippen LogP contribution is -2.55. The number of carbonyl (C=O) groups excluding carboxylic acids is 2.